The number of carbonyl (C=O) groups is 1. The molecule has 0 radical (unpaired) electrons. The van der Waals surface area contributed by atoms with E-state index in [-0.39, 0.29) is 11.8 Å². The molecule has 2 N–H and O–H groups in total. The van der Waals surface area contributed by atoms with E-state index in [2.05, 4.69) is 37.9 Å². The number of amides is 1. The molecule has 1 aromatic carbocycles. The Hall–Kier alpha value is -2.47. The molecule has 1 aromatic heterocycles. The smallest absolute Gasteiger partial charge is 0.231 e. The first-order valence-corrected chi connectivity index (χ1v) is 9.35. The number of rotatable bonds is 4. The first-order chi connectivity index (χ1) is 12.7. The normalized spacial score (nSPS) is 18.4. The molecular weight excluding hydrogens is 326 g/mol. The number of piperidine rings is 1. The van der Waals surface area contributed by atoms with E-state index >= 15 is 0 Å². The van der Waals surface area contributed by atoms with Crippen molar-refractivity contribution < 1.29 is 4.79 Å². The molecule has 136 valence electrons. The van der Waals surface area contributed by atoms with Gasteiger partial charge in [-0.3, -0.25) is 4.79 Å². The second-order valence-electron chi connectivity index (χ2n) is 7.28. The molecule has 6 nitrogen and oxygen atoms in total. The van der Waals surface area contributed by atoms with Crippen LogP contribution in [0.15, 0.2) is 36.5 Å². The number of aryl methyl sites for hydroxylation is 1. The van der Waals surface area contributed by atoms with Crippen LogP contribution in [0.3, 0.4) is 0 Å². The molecule has 0 atom stereocenters. The summed E-state index contributed by atoms with van der Waals surface area (Å²) in [4.78, 5) is 14.6. The van der Waals surface area contributed by atoms with Gasteiger partial charge in [0, 0.05) is 18.8 Å². The Labute approximate surface area is 154 Å². The highest BCUT2D eigenvalue weighted by atomic mass is 16.2. The maximum Gasteiger partial charge on any atom is 0.231 e. The van der Waals surface area contributed by atoms with Gasteiger partial charge in [0.15, 0.2) is 5.82 Å². The van der Waals surface area contributed by atoms with Crippen molar-refractivity contribution in [3.63, 3.8) is 0 Å². The topological polar surface area (TPSA) is 70.2 Å². The Bertz CT molecular complexity index is 764. The van der Waals surface area contributed by atoms with E-state index in [0.717, 1.165) is 30.2 Å². The minimum atomic E-state index is 0.000464. The molecule has 2 aliphatic rings. The molecule has 4 rings (SSSR count). The van der Waals surface area contributed by atoms with Crippen molar-refractivity contribution in [3.8, 4) is 0 Å². The summed E-state index contributed by atoms with van der Waals surface area (Å²) in [5.41, 5.74) is 3.34. The average molecular weight is 351 g/mol. The Morgan fingerprint density at radius 1 is 1.15 bits per heavy atom. The number of benzene rings is 1. The predicted molar refractivity (Wildman–Crippen MR) is 102 cm³/mol. The Balaban J connectivity index is 1.31. The lowest BCUT2D eigenvalue weighted by Gasteiger charge is -2.39. The number of anilines is 2. The van der Waals surface area contributed by atoms with Gasteiger partial charge in [0.05, 0.1) is 12.1 Å². The van der Waals surface area contributed by atoms with Crippen molar-refractivity contribution in [2.45, 2.75) is 25.7 Å². The molecule has 0 unspecified atom stereocenters. The fourth-order valence-electron chi connectivity index (χ4n) is 3.75. The summed E-state index contributed by atoms with van der Waals surface area (Å²) >= 11 is 0. The van der Waals surface area contributed by atoms with Gasteiger partial charge in [-0.05, 0) is 68.1 Å². The standard InChI is InChI=1S/C20H25N5O/c1-14-6-11-22-24-19(14)25-12-17(13-25)20(26)23-18-4-2-15(3-5-18)16-7-9-21-10-8-16/h2-6,11,16-17,21H,7-10,12-13H2,1H3,(H,23,26). The zero-order valence-corrected chi connectivity index (χ0v) is 15.1. The molecule has 0 spiro atoms. The summed E-state index contributed by atoms with van der Waals surface area (Å²) in [5, 5.41) is 14.6. The molecule has 2 fully saturated rings. The van der Waals surface area contributed by atoms with Crippen molar-refractivity contribution >= 4 is 17.4 Å². The summed E-state index contributed by atoms with van der Waals surface area (Å²) in [6, 6.07) is 10.3. The second kappa shape index (κ2) is 7.41. The third-order valence-electron chi connectivity index (χ3n) is 5.44. The van der Waals surface area contributed by atoms with E-state index < -0.39 is 0 Å². The highest BCUT2D eigenvalue weighted by Gasteiger charge is 2.34. The van der Waals surface area contributed by atoms with Crippen LogP contribution in [0, 0.1) is 12.8 Å². The van der Waals surface area contributed by atoms with Crippen LogP contribution in [0.25, 0.3) is 0 Å². The molecular formula is C20H25N5O. The molecule has 2 saturated heterocycles. The molecule has 0 saturated carbocycles. The van der Waals surface area contributed by atoms with Crippen LogP contribution in [0.5, 0.6) is 0 Å². The number of nitrogens with zero attached hydrogens (tertiary/aromatic N) is 3. The number of hydrogen-bond donors (Lipinski definition) is 2. The van der Waals surface area contributed by atoms with Crippen molar-refractivity contribution in [1.82, 2.24) is 15.5 Å². The lowest BCUT2D eigenvalue weighted by atomic mass is 9.90. The van der Waals surface area contributed by atoms with Gasteiger partial charge in [0.2, 0.25) is 5.91 Å². The van der Waals surface area contributed by atoms with Crippen LogP contribution in [0.2, 0.25) is 0 Å². The van der Waals surface area contributed by atoms with Crippen LogP contribution in [-0.2, 0) is 4.79 Å². The first kappa shape index (κ1) is 17.0. The van der Waals surface area contributed by atoms with Crippen molar-refractivity contribution in [2.24, 2.45) is 5.92 Å². The monoisotopic (exact) mass is 351 g/mol. The molecule has 0 aliphatic carbocycles. The van der Waals surface area contributed by atoms with Crippen molar-refractivity contribution in [2.75, 3.05) is 36.4 Å². The Morgan fingerprint density at radius 2 is 1.88 bits per heavy atom. The van der Waals surface area contributed by atoms with E-state index in [1.807, 2.05) is 25.1 Å². The number of aromatic nitrogens is 2. The number of carbonyl (C=O) groups excluding carboxylic acids is 1. The van der Waals surface area contributed by atoms with E-state index in [4.69, 9.17) is 0 Å². The summed E-state index contributed by atoms with van der Waals surface area (Å²) in [7, 11) is 0. The number of nitrogens with one attached hydrogen (secondary N) is 2. The fourth-order valence-corrected chi connectivity index (χ4v) is 3.75. The molecule has 26 heavy (non-hydrogen) atoms. The van der Waals surface area contributed by atoms with Gasteiger partial charge in [0.25, 0.3) is 0 Å². The minimum absolute atomic E-state index is 0.000464. The van der Waals surface area contributed by atoms with Gasteiger partial charge in [-0.1, -0.05) is 12.1 Å². The Kier molecular flexibility index (Phi) is 4.84. The maximum absolute atomic E-state index is 12.5. The van der Waals surface area contributed by atoms with Gasteiger partial charge in [-0.2, -0.15) is 5.10 Å². The summed E-state index contributed by atoms with van der Waals surface area (Å²) < 4.78 is 0. The van der Waals surface area contributed by atoms with Gasteiger partial charge < -0.3 is 15.5 Å². The van der Waals surface area contributed by atoms with Crippen LogP contribution in [-0.4, -0.2) is 42.3 Å². The SMILES string of the molecule is Cc1ccnnc1N1CC(C(=O)Nc2ccc(C3CCNCC3)cc2)C1. The summed E-state index contributed by atoms with van der Waals surface area (Å²) in [6.07, 6.45) is 4.06. The largest absolute Gasteiger partial charge is 0.353 e. The second-order valence-corrected chi connectivity index (χ2v) is 7.28. The maximum atomic E-state index is 12.5. The molecule has 1 amide bonds. The number of hydrogen-bond acceptors (Lipinski definition) is 5. The molecule has 0 bridgehead atoms. The van der Waals surface area contributed by atoms with Crippen molar-refractivity contribution in [1.29, 1.82) is 0 Å². The van der Waals surface area contributed by atoms with Crippen LogP contribution >= 0.6 is 0 Å². The fraction of sp³-hybridized carbons (Fsp3) is 0.450. The Morgan fingerprint density at radius 3 is 2.58 bits per heavy atom. The summed E-state index contributed by atoms with van der Waals surface area (Å²) in [5.74, 6) is 1.59. The molecule has 3 heterocycles. The van der Waals surface area contributed by atoms with Crippen LogP contribution in [0.1, 0.15) is 29.9 Å². The molecule has 2 aliphatic heterocycles. The summed E-state index contributed by atoms with van der Waals surface area (Å²) in [6.45, 7) is 5.58. The quantitative estimate of drug-likeness (QED) is 0.885. The van der Waals surface area contributed by atoms with Gasteiger partial charge in [-0.15, -0.1) is 5.10 Å². The van der Waals surface area contributed by atoms with Crippen LogP contribution in [0.4, 0.5) is 11.5 Å². The first-order valence-electron chi connectivity index (χ1n) is 9.35. The van der Waals surface area contributed by atoms with Crippen molar-refractivity contribution in [3.05, 3.63) is 47.7 Å². The highest BCUT2D eigenvalue weighted by Crippen LogP contribution is 2.28. The van der Waals surface area contributed by atoms with E-state index in [0.29, 0.717) is 19.0 Å². The van der Waals surface area contributed by atoms with E-state index in [1.54, 1.807) is 6.20 Å². The highest BCUT2D eigenvalue weighted by molar-refractivity contribution is 5.94. The predicted octanol–water partition coefficient (Wildman–Crippen LogP) is 2.33. The van der Waals surface area contributed by atoms with E-state index in [1.165, 1.54) is 18.4 Å². The minimum Gasteiger partial charge on any atom is -0.353 e. The van der Waals surface area contributed by atoms with Crippen LogP contribution < -0.4 is 15.5 Å². The molecule has 2 aromatic rings. The van der Waals surface area contributed by atoms with Gasteiger partial charge in [0.1, 0.15) is 0 Å². The zero-order valence-electron chi connectivity index (χ0n) is 15.1. The zero-order chi connectivity index (χ0) is 17.9. The third kappa shape index (κ3) is 3.55. The average Bonchev–Trinajstić information content (AvgIpc) is 2.63. The van der Waals surface area contributed by atoms with Gasteiger partial charge >= 0.3 is 0 Å². The lowest BCUT2D eigenvalue weighted by molar-refractivity contribution is -0.120. The van der Waals surface area contributed by atoms with Gasteiger partial charge in [-0.25, -0.2) is 0 Å². The molecule has 6 heteroatoms. The van der Waals surface area contributed by atoms with E-state index in [9.17, 15) is 4.79 Å². The lowest BCUT2D eigenvalue weighted by Crippen LogP contribution is -2.52. The third-order valence-corrected chi connectivity index (χ3v) is 5.44.